The number of fused-ring (bicyclic) bond motifs is 8. The quantitative estimate of drug-likeness (QED) is 0.340. The highest BCUT2D eigenvalue weighted by Crippen LogP contribution is 2.55. The summed E-state index contributed by atoms with van der Waals surface area (Å²) in [6, 6.07) is 8.27. The van der Waals surface area contributed by atoms with Crippen LogP contribution in [0.15, 0.2) is 76.0 Å². The minimum Gasteiger partial charge on any atom is -0.496 e. The van der Waals surface area contributed by atoms with Crippen LogP contribution in [0.1, 0.15) is 74.5 Å². The van der Waals surface area contributed by atoms with Crippen molar-refractivity contribution in [2.24, 2.45) is 5.92 Å². The smallest absolute Gasteiger partial charge is 0.267 e. The first-order valence-electron chi connectivity index (χ1n) is 18.2. The number of aromatic nitrogens is 2. The number of benzene rings is 1. The van der Waals surface area contributed by atoms with E-state index in [-0.39, 0.29) is 39.7 Å². The maximum absolute atomic E-state index is 14.9. The third-order valence-corrected chi connectivity index (χ3v) is 14.0. The number of sulfonamides is 1. The molecule has 2 aromatic heterocycles. The average molecular weight is 728 g/mol. The molecule has 1 aromatic carbocycles. The van der Waals surface area contributed by atoms with Gasteiger partial charge in [-0.15, -0.1) is 0 Å². The third kappa shape index (κ3) is 5.29. The van der Waals surface area contributed by atoms with Gasteiger partial charge in [-0.25, -0.2) is 13.1 Å². The fourth-order valence-electron chi connectivity index (χ4n) is 9.96. The maximum atomic E-state index is 14.9. The minimum absolute atomic E-state index is 0.0165. The van der Waals surface area contributed by atoms with Gasteiger partial charge in [0.2, 0.25) is 5.91 Å². The Kier molecular flexibility index (Phi) is 7.97. The minimum atomic E-state index is -4.30. The molecule has 0 spiro atoms. The second kappa shape index (κ2) is 12.3. The highest BCUT2D eigenvalue weighted by atomic mass is 35.5. The van der Waals surface area contributed by atoms with E-state index in [0.29, 0.717) is 24.5 Å². The lowest BCUT2D eigenvalue weighted by Gasteiger charge is -2.43. The fraction of sp³-hybridized carbons (Fsp3) is 0.462. The van der Waals surface area contributed by atoms with Gasteiger partial charge in [-0.2, -0.15) is 0 Å². The molecule has 2 bridgehead atoms. The molecule has 1 saturated carbocycles. The number of ether oxygens (including phenoxy) is 1. The Morgan fingerprint density at radius 2 is 1.80 bits per heavy atom. The number of halogens is 1. The number of hydrogen-bond acceptors (Lipinski definition) is 7. The van der Waals surface area contributed by atoms with Crippen LogP contribution in [0.4, 0.5) is 0 Å². The molecular formula is C39H42ClN5O5S. The molecule has 5 heterocycles. The van der Waals surface area contributed by atoms with E-state index in [4.69, 9.17) is 16.3 Å². The number of piperazine rings is 1. The summed E-state index contributed by atoms with van der Waals surface area (Å²) in [5.41, 5.74) is 6.24. The number of methoxy groups -OCH3 is 1. The van der Waals surface area contributed by atoms with Crippen molar-refractivity contribution in [2.75, 3.05) is 27.2 Å². The Balaban J connectivity index is 1.19. The molecule has 4 atom stereocenters. The number of amides is 2. The first-order valence-corrected chi connectivity index (χ1v) is 20.0. The van der Waals surface area contributed by atoms with Crippen LogP contribution < -0.4 is 9.46 Å². The lowest BCUT2D eigenvalue weighted by Crippen LogP contribution is -2.56. The molecular weight excluding hydrogens is 686 g/mol. The lowest BCUT2D eigenvalue weighted by molar-refractivity contribution is -0.141. The normalized spacial score (nSPS) is 26.1. The van der Waals surface area contributed by atoms with Crippen molar-refractivity contribution in [3.63, 3.8) is 0 Å². The summed E-state index contributed by atoms with van der Waals surface area (Å²) >= 11 is 6.21. The largest absolute Gasteiger partial charge is 0.496 e. The van der Waals surface area contributed by atoms with E-state index in [0.717, 1.165) is 84.0 Å². The standard InChI is InChI=1S/C39H42ClN5O5S/c1-43-19-23-11-12-24(20-43)45(23)39(47)27-10-6-9-26-34(27)31-17-28-32(50-2)14-13-25(22-7-4-3-5-8-22)37(28)44(31)21-29-35(26)36(29)38(46)42-51(48,49)33-18-41-16-15-30(33)40/h6,9,13-18,22-24,27,34H,3-5,7-8,10-12,19-21H2,1-2H3,(H,42,46)/t23?,24?,27-,34?/m1/s1. The summed E-state index contributed by atoms with van der Waals surface area (Å²) in [5.74, 6) is -0.0301. The summed E-state index contributed by atoms with van der Waals surface area (Å²) < 4.78 is 37.4. The maximum Gasteiger partial charge on any atom is 0.267 e. The molecule has 3 aliphatic carbocycles. The predicted octanol–water partition coefficient (Wildman–Crippen LogP) is 5.84. The van der Waals surface area contributed by atoms with Gasteiger partial charge in [-0.1, -0.05) is 49.1 Å². The van der Waals surface area contributed by atoms with Crippen LogP contribution in [0.5, 0.6) is 5.75 Å². The van der Waals surface area contributed by atoms with Crippen LogP contribution in [0, 0.1) is 5.92 Å². The highest BCUT2D eigenvalue weighted by molar-refractivity contribution is 7.90. The van der Waals surface area contributed by atoms with Gasteiger partial charge >= 0.3 is 0 Å². The van der Waals surface area contributed by atoms with Crippen molar-refractivity contribution in [3.05, 3.63) is 87.4 Å². The van der Waals surface area contributed by atoms with E-state index in [1.807, 2.05) is 0 Å². The molecule has 1 N–H and O–H groups in total. The fourth-order valence-corrected chi connectivity index (χ4v) is 11.4. The summed E-state index contributed by atoms with van der Waals surface area (Å²) in [6.45, 7) is 2.14. The molecule has 266 valence electrons. The number of hydrogen-bond donors (Lipinski definition) is 1. The van der Waals surface area contributed by atoms with E-state index in [1.165, 1.54) is 37.1 Å². The van der Waals surface area contributed by atoms with Crippen LogP contribution in [0.3, 0.4) is 0 Å². The van der Waals surface area contributed by atoms with Gasteiger partial charge in [0.15, 0.2) is 0 Å². The highest BCUT2D eigenvalue weighted by Gasteiger charge is 2.50. The van der Waals surface area contributed by atoms with Crippen molar-refractivity contribution >= 4 is 44.3 Å². The average Bonchev–Trinajstić information content (AvgIpc) is 3.66. The Labute approximate surface area is 303 Å². The number of carbonyl (C=O) groups excluding carboxylic acids is 2. The zero-order valence-electron chi connectivity index (χ0n) is 28.9. The molecule has 9 rings (SSSR count). The molecule has 12 heteroatoms. The molecule has 10 nitrogen and oxygen atoms in total. The predicted molar refractivity (Wildman–Crippen MR) is 194 cm³/mol. The summed E-state index contributed by atoms with van der Waals surface area (Å²) in [5, 5.41) is 0.997. The third-order valence-electron chi connectivity index (χ3n) is 12.2. The summed E-state index contributed by atoms with van der Waals surface area (Å²) in [4.78, 5) is 37.1. The SMILES string of the molecule is COc1ccc(C2CCCCC2)c2c1cc1n2CC2=C(C(=O)NS(=O)(=O)c3cnccc3Cl)C2=C2C=CC[C@@H](C(=O)N3C4CCC3CN(C)C4)C21. The van der Waals surface area contributed by atoms with Crippen LogP contribution in [0.2, 0.25) is 5.02 Å². The number of carbonyl (C=O) groups is 2. The molecule has 3 aliphatic heterocycles. The van der Waals surface area contributed by atoms with E-state index in [2.05, 4.69) is 61.5 Å². The molecule has 51 heavy (non-hydrogen) atoms. The topological polar surface area (TPSA) is 114 Å². The number of likely N-dealkylation sites (tertiary alicyclic amines) is 1. The van der Waals surface area contributed by atoms with Gasteiger partial charge in [0, 0.05) is 61.1 Å². The van der Waals surface area contributed by atoms with Gasteiger partial charge in [0.05, 0.1) is 29.1 Å². The number of allylic oxidation sites excluding steroid dienone is 4. The van der Waals surface area contributed by atoms with Crippen LogP contribution >= 0.6 is 11.6 Å². The van der Waals surface area contributed by atoms with Crippen molar-refractivity contribution in [1.29, 1.82) is 0 Å². The van der Waals surface area contributed by atoms with Gasteiger partial charge in [-0.3, -0.25) is 14.6 Å². The Hall–Kier alpha value is -3.93. The number of nitrogens with zero attached hydrogens (tertiary/aromatic N) is 4. The van der Waals surface area contributed by atoms with Gasteiger partial charge in [-0.05, 0) is 85.6 Å². The summed E-state index contributed by atoms with van der Waals surface area (Å²) in [6.07, 6.45) is 15.1. The van der Waals surface area contributed by atoms with E-state index in [1.54, 1.807) is 7.11 Å². The first kappa shape index (κ1) is 32.9. The molecule has 2 amide bonds. The Bertz CT molecular complexity index is 2190. The van der Waals surface area contributed by atoms with Crippen molar-refractivity contribution in [2.45, 2.75) is 86.7 Å². The van der Waals surface area contributed by atoms with Crippen molar-refractivity contribution in [1.82, 2.24) is 24.1 Å². The molecule has 6 aliphatic rings. The first-order chi connectivity index (χ1) is 24.7. The molecule has 3 fully saturated rings. The lowest BCUT2D eigenvalue weighted by atomic mass is 9.75. The van der Waals surface area contributed by atoms with Crippen LogP contribution in [-0.2, 0) is 26.2 Å². The number of likely N-dealkylation sites (N-methyl/N-ethyl adjacent to an activating group) is 1. The van der Waals surface area contributed by atoms with Gasteiger partial charge in [0.25, 0.3) is 15.9 Å². The second-order valence-corrected chi connectivity index (χ2v) is 17.2. The Morgan fingerprint density at radius 3 is 2.53 bits per heavy atom. The Morgan fingerprint density at radius 1 is 1.04 bits per heavy atom. The second-order valence-electron chi connectivity index (χ2n) is 15.1. The van der Waals surface area contributed by atoms with E-state index < -0.39 is 15.9 Å². The summed E-state index contributed by atoms with van der Waals surface area (Å²) in [7, 11) is -0.467. The molecule has 2 saturated heterocycles. The van der Waals surface area contributed by atoms with Crippen molar-refractivity contribution < 1.29 is 22.7 Å². The monoisotopic (exact) mass is 727 g/mol. The van der Waals surface area contributed by atoms with Crippen molar-refractivity contribution in [3.8, 4) is 5.75 Å². The zero-order valence-corrected chi connectivity index (χ0v) is 30.5. The zero-order chi connectivity index (χ0) is 35.2. The van der Waals surface area contributed by atoms with E-state index >= 15 is 0 Å². The van der Waals surface area contributed by atoms with Gasteiger partial charge < -0.3 is 19.1 Å². The van der Waals surface area contributed by atoms with Gasteiger partial charge in [0.1, 0.15) is 10.6 Å². The van der Waals surface area contributed by atoms with Crippen LogP contribution in [0.25, 0.3) is 10.9 Å². The number of rotatable bonds is 6. The molecule has 0 radical (unpaired) electrons. The van der Waals surface area contributed by atoms with Crippen LogP contribution in [-0.4, -0.2) is 78.9 Å². The van der Waals surface area contributed by atoms with E-state index in [9.17, 15) is 18.0 Å². The molecule has 3 aromatic rings. The molecule has 3 unspecified atom stereocenters. The number of pyridine rings is 1. The number of nitrogens with one attached hydrogen (secondary N) is 1.